The van der Waals surface area contributed by atoms with Crippen molar-refractivity contribution >= 4 is 6.08 Å². The van der Waals surface area contributed by atoms with E-state index in [1.54, 1.807) is 6.08 Å². The molecule has 0 aliphatic rings. The molecular weight excluding hydrogens is 268 g/mol. The molecule has 0 atom stereocenters. The van der Waals surface area contributed by atoms with Gasteiger partial charge in [-0.25, -0.2) is 0 Å². The standard InChI is InChI=1S/C21H20O/c1-3-4-6-13-20-14-9-10-15-21(20)22-17-18(2)16-19-11-7-5-8-12-19/h3,5,7-12,14-16H,1,4,17H2,2H3/b18-16+. The van der Waals surface area contributed by atoms with E-state index in [-0.39, 0.29) is 0 Å². The average Bonchev–Trinajstić information content (AvgIpc) is 2.55. The van der Waals surface area contributed by atoms with Gasteiger partial charge in [0.15, 0.2) is 0 Å². The fraction of sp³-hybridized carbons (Fsp3) is 0.143. The van der Waals surface area contributed by atoms with E-state index in [2.05, 4.69) is 43.6 Å². The van der Waals surface area contributed by atoms with Crippen molar-refractivity contribution in [2.75, 3.05) is 6.61 Å². The van der Waals surface area contributed by atoms with Gasteiger partial charge in [0.2, 0.25) is 0 Å². The molecule has 0 heterocycles. The van der Waals surface area contributed by atoms with Gasteiger partial charge in [-0.1, -0.05) is 66.5 Å². The largest absolute Gasteiger partial charge is 0.488 e. The first-order valence-corrected chi connectivity index (χ1v) is 7.33. The molecule has 0 aliphatic heterocycles. The molecule has 1 nitrogen and oxygen atoms in total. The number of hydrogen-bond donors (Lipinski definition) is 0. The summed E-state index contributed by atoms with van der Waals surface area (Å²) in [4.78, 5) is 0. The Bertz CT molecular complexity index is 699. The SMILES string of the molecule is C=CCC#Cc1ccccc1OC/C(C)=C/c1ccccc1. The predicted octanol–water partition coefficient (Wildman–Crippen LogP) is 5.10. The second-order valence-corrected chi connectivity index (χ2v) is 4.98. The minimum Gasteiger partial charge on any atom is -0.488 e. The van der Waals surface area contributed by atoms with Crippen molar-refractivity contribution in [1.29, 1.82) is 0 Å². The Hall–Kier alpha value is -2.72. The van der Waals surface area contributed by atoms with Crippen molar-refractivity contribution < 1.29 is 4.74 Å². The molecular formula is C21H20O. The lowest BCUT2D eigenvalue weighted by Gasteiger charge is -2.08. The maximum absolute atomic E-state index is 5.91. The summed E-state index contributed by atoms with van der Waals surface area (Å²) in [5.74, 6) is 7.00. The molecule has 110 valence electrons. The van der Waals surface area contributed by atoms with Crippen LogP contribution in [0.4, 0.5) is 0 Å². The Morgan fingerprint density at radius 2 is 1.82 bits per heavy atom. The van der Waals surface area contributed by atoms with Gasteiger partial charge in [0.1, 0.15) is 12.4 Å². The van der Waals surface area contributed by atoms with Crippen LogP contribution in [0.3, 0.4) is 0 Å². The van der Waals surface area contributed by atoms with E-state index in [9.17, 15) is 0 Å². The van der Waals surface area contributed by atoms with E-state index in [1.165, 1.54) is 11.1 Å². The molecule has 0 saturated heterocycles. The van der Waals surface area contributed by atoms with Crippen molar-refractivity contribution in [3.63, 3.8) is 0 Å². The van der Waals surface area contributed by atoms with Crippen molar-refractivity contribution in [3.05, 3.63) is 84.0 Å². The molecule has 0 amide bonds. The van der Waals surface area contributed by atoms with Crippen LogP contribution in [0.1, 0.15) is 24.5 Å². The third-order valence-corrected chi connectivity index (χ3v) is 3.02. The molecule has 0 N–H and O–H groups in total. The molecule has 1 heteroatoms. The van der Waals surface area contributed by atoms with Crippen LogP contribution in [0.15, 0.2) is 72.8 Å². The van der Waals surface area contributed by atoms with E-state index in [0.29, 0.717) is 13.0 Å². The van der Waals surface area contributed by atoms with E-state index in [0.717, 1.165) is 11.3 Å². The number of allylic oxidation sites excluding steroid dienone is 1. The molecule has 0 fully saturated rings. The van der Waals surface area contributed by atoms with Gasteiger partial charge >= 0.3 is 0 Å². The Morgan fingerprint density at radius 3 is 2.59 bits per heavy atom. The lowest BCUT2D eigenvalue weighted by Crippen LogP contribution is -2.00. The normalized spacial score (nSPS) is 10.5. The Labute approximate surface area is 133 Å². The zero-order valence-electron chi connectivity index (χ0n) is 12.9. The third kappa shape index (κ3) is 5.00. The predicted molar refractivity (Wildman–Crippen MR) is 93.7 cm³/mol. The molecule has 22 heavy (non-hydrogen) atoms. The van der Waals surface area contributed by atoms with Crippen molar-refractivity contribution in [1.82, 2.24) is 0 Å². The molecule has 0 bridgehead atoms. The van der Waals surface area contributed by atoms with Crippen molar-refractivity contribution in [3.8, 4) is 17.6 Å². The van der Waals surface area contributed by atoms with Crippen molar-refractivity contribution in [2.45, 2.75) is 13.3 Å². The summed E-state index contributed by atoms with van der Waals surface area (Å²) >= 11 is 0. The van der Waals surface area contributed by atoms with Crippen LogP contribution in [0, 0.1) is 11.8 Å². The van der Waals surface area contributed by atoms with E-state index >= 15 is 0 Å². The van der Waals surface area contributed by atoms with Gasteiger partial charge in [0.05, 0.1) is 5.56 Å². The van der Waals surface area contributed by atoms with Gasteiger partial charge in [-0.15, -0.1) is 6.58 Å². The molecule has 2 rings (SSSR count). The van der Waals surface area contributed by atoms with Crippen LogP contribution >= 0.6 is 0 Å². The third-order valence-electron chi connectivity index (χ3n) is 3.02. The molecule has 2 aromatic carbocycles. The first kappa shape index (κ1) is 15.7. The second-order valence-electron chi connectivity index (χ2n) is 4.98. The topological polar surface area (TPSA) is 9.23 Å². The summed E-state index contributed by atoms with van der Waals surface area (Å²) in [6, 6.07) is 18.1. The van der Waals surface area contributed by atoms with Crippen LogP contribution in [-0.2, 0) is 0 Å². The smallest absolute Gasteiger partial charge is 0.135 e. The molecule has 0 saturated carbocycles. The van der Waals surface area contributed by atoms with Gasteiger partial charge in [0, 0.05) is 6.42 Å². The maximum atomic E-state index is 5.91. The Morgan fingerprint density at radius 1 is 1.09 bits per heavy atom. The summed E-state index contributed by atoms with van der Waals surface area (Å²) in [7, 11) is 0. The van der Waals surface area contributed by atoms with Gasteiger partial charge in [0.25, 0.3) is 0 Å². The van der Waals surface area contributed by atoms with Gasteiger partial charge in [-0.3, -0.25) is 0 Å². The highest BCUT2D eigenvalue weighted by Crippen LogP contribution is 2.18. The van der Waals surface area contributed by atoms with Crippen LogP contribution in [0.2, 0.25) is 0 Å². The lowest BCUT2D eigenvalue weighted by molar-refractivity contribution is 0.352. The maximum Gasteiger partial charge on any atom is 0.135 e. The van der Waals surface area contributed by atoms with Crippen LogP contribution in [0.5, 0.6) is 5.75 Å². The number of ether oxygens (including phenoxy) is 1. The van der Waals surface area contributed by atoms with Gasteiger partial charge in [-0.2, -0.15) is 0 Å². The van der Waals surface area contributed by atoms with E-state index in [4.69, 9.17) is 4.74 Å². The first-order valence-electron chi connectivity index (χ1n) is 7.33. The summed E-state index contributed by atoms with van der Waals surface area (Å²) in [5.41, 5.74) is 3.26. The van der Waals surface area contributed by atoms with Gasteiger partial charge in [-0.05, 0) is 30.2 Å². The fourth-order valence-electron chi connectivity index (χ4n) is 1.98. The van der Waals surface area contributed by atoms with Crippen molar-refractivity contribution in [2.24, 2.45) is 0 Å². The molecule has 0 unspecified atom stereocenters. The van der Waals surface area contributed by atoms with Crippen LogP contribution in [0.25, 0.3) is 6.08 Å². The molecule has 0 radical (unpaired) electrons. The highest BCUT2D eigenvalue weighted by molar-refractivity contribution is 5.52. The lowest BCUT2D eigenvalue weighted by atomic mass is 10.1. The summed E-state index contributed by atoms with van der Waals surface area (Å²) < 4.78 is 5.91. The monoisotopic (exact) mass is 288 g/mol. The minimum absolute atomic E-state index is 0.551. The zero-order chi connectivity index (χ0) is 15.6. The highest BCUT2D eigenvalue weighted by atomic mass is 16.5. The minimum atomic E-state index is 0.551. The Kier molecular flexibility index (Phi) is 6.08. The molecule has 0 aliphatic carbocycles. The van der Waals surface area contributed by atoms with Crippen LogP contribution < -0.4 is 4.74 Å². The average molecular weight is 288 g/mol. The number of para-hydroxylation sites is 1. The number of hydrogen-bond acceptors (Lipinski definition) is 1. The van der Waals surface area contributed by atoms with E-state index < -0.39 is 0 Å². The molecule has 0 aromatic heterocycles. The number of rotatable bonds is 5. The number of benzene rings is 2. The zero-order valence-corrected chi connectivity index (χ0v) is 12.9. The summed E-state index contributed by atoms with van der Waals surface area (Å²) in [5, 5.41) is 0. The van der Waals surface area contributed by atoms with Crippen LogP contribution in [-0.4, -0.2) is 6.61 Å². The highest BCUT2D eigenvalue weighted by Gasteiger charge is 2.00. The Balaban J connectivity index is 2.04. The fourth-order valence-corrected chi connectivity index (χ4v) is 1.98. The summed E-state index contributed by atoms with van der Waals surface area (Å²) in [6.07, 6.45) is 4.61. The second kappa shape index (κ2) is 8.54. The molecule has 0 spiro atoms. The summed E-state index contributed by atoms with van der Waals surface area (Å²) in [6.45, 7) is 6.29. The first-order chi connectivity index (χ1) is 10.8. The molecule has 2 aromatic rings. The van der Waals surface area contributed by atoms with Gasteiger partial charge < -0.3 is 4.74 Å². The van der Waals surface area contributed by atoms with E-state index in [1.807, 2.05) is 42.5 Å². The quantitative estimate of drug-likeness (QED) is 0.549.